The minimum absolute atomic E-state index is 0.0563. The zero-order valence-electron chi connectivity index (χ0n) is 16.2. The number of rotatable bonds is 4. The Kier molecular flexibility index (Phi) is 5.10. The summed E-state index contributed by atoms with van der Waals surface area (Å²) in [7, 11) is 0. The molecule has 0 aromatic heterocycles. The van der Waals surface area contributed by atoms with Crippen LogP contribution in [0.15, 0.2) is 30.3 Å². The van der Waals surface area contributed by atoms with Crippen molar-refractivity contribution in [1.82, 2.24) is 15.1 Å². The topological polar surface area (TPSA) is 79.0 Å². The van der Waals surface area contributed by atoms with Crippen molar-refractivity contribution < 1.29 is 19.1 Å². The second-order valence-electron chi connectivity index (χ2n) is 7.79. The van der Waals surface area contributed by atoms with E-state index in [2.05, 4.69) is 5.32 Å². The van der Waals surface area contributed by atoms with Gasteiger partial charge in [-0.2, -0.15) is 0 Å². The van der Waals surface area contributed by atoms with Crippen molar-refractivity contribution in [2.45, 2.75) is 56.7 Å². The fourth-order valence-corrected chi connectivity index (χ4v) is 4.76. The van der Waals surface area contributed by atoms with Gasteiger partial charge in [0.1, 0.15) is 12.1 Å². The SMILES string of the molecule is CCC1(c2ccccc2)NC(=O)N(CC(=O)N2CCOC3CCCCC32)C1=O. The summed E-state index contributed by atoms with van der Waals surface area (Å²) >= 11 is 0. The largest absolute Gasteiger partial charge is 0.374 e. The van der Waals surface area contributed by atoms with Crippen LogP contribution in [0.5, 0.6) is 0 Å². The van der Waals surface area contributed by atoms with Crippen molar-refractivity contribution in [2.75, 3.05) is 19.7 Å². The smallest absolute Gasteiger partial charge is 0.325 e. The first-order chi connectivity index (χ1) is 13.6. The van der Waals surface area contributed by atoms with Gasteiger partial charge in [-0.1, -0.05) is 50.1 Å². The molecule has 1 saturated carbocycles. The van der Waals surface area contributed by atoms with E-state index in [1.54, 1.807) is 0 Å². The summed E-state index contributed by atoms with van der Waals surface area (Å²) in [4.78, 5) is 41.8. The molecule has 2 heterocycles. The summed E-state index contributed by atoms with van der Waals surface area (Å²) in [6, 6.07) is 8.78. The predicted octanol–water partition coefficient (Wildman–Crippen LogP) is 2.01. The van der Waals surface area contributed by atoms with Gasteiger partial charge in [-0.05, 0) is 24.8 Å². The lowest BCUT2D eigenvalue weighted by Crippen LogP contribution is -2.57. The number of nitrogens with zero attached hydrogens (tertiary/aromatic N) is 2. The highest BCUT2D eigenvalue weighted by molar-refractivity contribution is 6.09. The average Bonchev–Trinajstić information content (AvgIpc) is 2.99. The van der Waals surface area contributed by atoms with Crippen LogP contribution in [0.1, 0.15) is 44.6 Å². The molecule has 4 amide bonds. The molecule has 4 rings (SSSR count). The van der Waals surface area contributed by atoms with Crippen LogP contribution in [0.3, 0.4) is 0 Å². The van der Waals surface area contributed by atoms with Crippen LogP contribution in [0.2, 0.25) is 0 Å². The van der Waals surface area contributed by atoms with Crippen LogP contribution >= 0.6 is 0 Å². The molecule has 28 heavy (non-hydrogen) atoms. The molecule has 1 N–H and O–H groups in total. The quantitative estimate of drug-likeness (QED) is 0.805. The van der Waals surface area contributed by atoms with Gasteiger partial charge in [-0.15, -0.1) is 0 Å². The maximum Gasteiger partial charge on any atom is 0.325 e. The number of carbonyl (C=O) groups is 3. The number of benzene rings is 1. The first-order valence-corrected chi connectivity index (χ1v) is 10.2. The van der Waals surface area contributed by atoms with Crippen LogP contribution in [0.25, 0.3) is 0 Å². The van der Waals surface area contributed by atoms with Crippen molar-refractivity contribution in [3.05, 3.63) is 35.9 Å². The number of hydrogen-bond acceptors (Lipinski definition) is 4. The molecule has 0 radical (unpaired) electrons. The third kappa shape index (κ3) is 3.07. The molecule has 3 aliphatic rings. The summed E-state index contributed by atoms with van der Waals surface area (Å²) < 4.78 is 5.83. The Bertz CT molecular complexity index is 766. The average molecular weight is 385 g/mol. The minimum Gasteiger partial charge on any atom is -0.374 e. The normalized spacial score (nSPS) is 30.2. The molecule has 3 unspecified atom stereocenters. The van der Waals surface area contributed by atoms with E-state index in [1.807, 2.05) is 42.2 Å². The van der Waals surface area contributed by atoms with Gasteiger partial charge in [0.2, 0.25) is 5.91 Å². The van der Waals surface area contributed by atoms with Crippen molar-refractivity contribution in [1.29, 1.82) is 0 Å². The number of amides is 4. The number of fused-ring (bicyclic) bond motifs is 1. The first kappa shape index (κ1) is 18.9. The minimum atomic E-state index is -1.10. The molecule has 3 fully saturated rings. The summed E-state index contributed by atoms with van der Waals surface area (Å²) in [5.74, 6) is -0.531. The summed E-state index contributed by atoms with van der Waals surface area (Å²) in [6.07, 6.45) is 4.57. The van der Waals surface area contributed by atoms with Gasteiger partial charge in [0, 0.05) is 6.54 Å². The Balaban J connectivity index is 1.52. The van der Waals surface area contributed by atoms with Crippen molar-refractivity contribution >= 4 is 17.8 Å². The van der Waals surface area contributed by atoms with E-state index in [1.165, 1.54) is 0 Å². The molecule has 2 aliphatic heterocycles. The molecule has 3 atom stereocenters. The molecule has 0 spiro atoms. The van der Waals surface area contributed by atoms with Crippen LogP contribution in [0, 0.1) is 0 Å². The third-order valence-electron chi connectivity index (χ3n) is 6.32. The Morgan fingerprint density at radius 3 is 2.71 bits per heavy atom. The van der Waals surface area contributed by atoms with Crippen molar-refractivity contribution in [3.8, 4) is 0 Å². The van der Waals surface area contributed by atoms with E-state index in [4.69, 9.17) is 4.74 Å². The Morgan fingerprint density at radius 2 is 1.96 bits per heavy atom. The van der Waals surface area contributed by atoms with Crippen LogP contribution in [0.4, 0.5) is 4.79 Å². The van der Waals surface area contributed by atoms with E-state index in [9.17, 15) is 14.4 Å². The summed E-state index contributed by atoms with van der Waals surface area (Å²) in [5, 5.41) is 2.84. The maximum absolute atomic E-state index is 13.2. The van der Waals surface area contributed by atoms with E-state index < -0.39 is 11.6 Å². The molecular formula is C21H27N3O4. The van der Waals surface area contributed by atoms with Crippen LogP contribution in [-0.2, 0) is 19.9 Å². The third-order valence-corrected chi connectivity index (χ3v) is 6.32. The second kappa shape index (κ2) is 7.54. The Hall–Kier alpha value is -2.41. The van der Waals surface area contributed by atoms with Gasteiger partial charge >= 0.3 is 6.03 Å². The van der Waals surface area contributed by atoms with Gasteiger partial charge in [-0.25, -0.2) is 4.79 Å². The molecule has 2 saturated heterocycles. The molecule has 0 bridgehead atoms. The highest BCUT2D eigenvalue weighted by Gasteiger charge is 2.52. The Morgan fingerprint density at radius 1 is 1.21 bits per heavy atom. The lowest BCUT2D eigenvalue weighted by atomic mass is 9.87. The molecule has 1 aromatic carbocycles. The standard InChI is InChI=1S/C21H27N3O4/c1-2-21(15-8-4-3-5-9-15)19(26)24(20(27)22-21)14-18(25)23-12-13-28-17-11-7-6-10-16(17)23/h3-5,8-9,16-17H,2,6-7,10-14H2,1H3,(H,22,27). The van der Waals surface area contributed by atoms with Crippen molar-refractivity contribution in [3.63, 3.8) is 0 Å². The van der Waals surface area contributed by atoms with E-state index >= 15 is 0 Å². The number of nitrogens with one attached hydrogen (secondary N) is 1. The van der Waals surface area contributed by atoms with Gasteiger partial charge < -0.3 is 15.0 Å². The number of hydrogen-bond donors (Lipinski definition) is 1. The molecular weight excluding hydrogens is 358 g/mol. The van der Waals surface area contributed by atoms with Crippen LogP contribution in [-0.4, -0.2) is 59.5 Å². The fourth-order valence-electron chi connectivity index (χ4n) is 4.76. The monoisotopic (exact) mass is 385 g/mol. The molecule has 1 aliphatic carbocycles. The number of morpholine rings is 1. The van der Waals surface area contributed by atoms with E-state index in [-0.39, 0.29) is 30.5 Å². The van der Waals surface area contributed by atoms with Gasteiger partial charge in [0.15, 0.2) is 0 Å². The first-order valence-electron chi connectivity index (χ1n) is 10.2. The number of carbonyl (C=O) groups excluding carboxylic acids is 3. The second-order valence-corrected chi connectivity index (χ2v) is 7.79. The van der Waals surface area contributed by atoms with Crippen LogP contribution < -0.4 is 5.32 Å². The Labute approximate surface area is 165 Å². The van der Waals surface area contributed by atoms with Gasteiger partial charge in [0.25, 0.3) is 5.91 Å². The molecule has 7 heteroatoms. The molecule has 150 valence electrons. The molecule has 7 nitrogen and oxygen atoms in total. The summed E-state index contributed by atoms with van der Waals surface area (Å²) in [5.41, 5.74) is -0.360. The van der Waals surface area contributed by atoms with Gasteiger partial charge in [0.05, 0.1) is 18.8 Å². The predicted molar refractivity (Wildman–Crippen MR) is 102 cm³/mol. The zero-order chi connectivity index (χ0) is 19.7. The zero-order valence-corrected chi connectivity index (χ0v) is 16.2. The lowest BCUT2D eigenvalue weighted by molar-refractivity contribution is -0.152. The van der Waals surface area contributed by atoms with E-state index in [0.29, 0.717) is 19.6 Å². The fraction of sp³-hybridized carbons (Fsp3) is 0.571. The number of imide groups is 1. The molecule has 1 aromatic rings. The van der Waals surface area contributed by atoms with Gasteiger partial charge in [-0.3, -0.25) is 14.5 Å². The maximum atomic E-state index is 13.2. The number of ether oxygens (including phenoxy) is 1. The van der Waals surface area contributed by atoms with E-state index in [0.717, 1.165) is 36.1 Å². The lowest BCUT2D eigenvalue weighted by Gasteiger charge is -2.44. The van der Waals surface area contributed by atoms with Crippen molar-refractivity contribution in [2.24, 2.45) is 0 Å². The number of urea groups is 1. The highest BCUT2D eigenvalue weighted by Crippen LogP contribution is 2.33. The highest BCUT2D eigenvalue weighted by atomic mass is 16.5. The summed E-state index contributed by atoms with van der Waals surface area (Å²) in [6.45, 7) is 2.67.